The van der Waals surface area contributed by atoms with Gasteiger partial charge < -0.3 is 15.4 Å². The first-order valence-electron chi connectivity index (χ1n) is 8.09. The third kappa shape index (κ3) is 3.96. The molecular formula is C17H25N3OS. The Balaban J connectivity index is 1.43. The molecule has 0 radical (unpaired) electrons. The number of aliphatic imine (C=N–C) groups is 1. The highest BCUT2D eigenvalue weighted by molar-refractivity contribution is 8.00. The van der Waals surface area contributed by atoms with E-state index >= 15 is 0 Å². The van der Waals surface area contributed by atoms with Gasteiger partial charge in [-0.05, 0) is 31.4 Å². The van der Waals surface area contributed by atoms with Crippen LogP contribution < -0.4 is 10.6 Å². The Hall–Kier alpha value is -1.20. The monoisotopic (exact) mass is 319 g/mol. The fourth-order valence-corrected chi connectivity index (χ4v) is 4.12. The Morgan fingerprint density at radius 1 is 1.36 bits per heavy atom. The number of hydrogen-bond acceptors (Lipinski definition) is 3. The molecule has 0 aliphatic carbocycles. The van der Waals surface area contributed by atoms with E-state index in [4.69, 9.17) is 4.74 Å². The van der Waals surface area contributed by atoms with Gasteiger partial charge in [0, 0.05) is 23.7 Å². The predicted octanol–water partition coefficient (Wildman–Crippen LogP) is 2.65. The minimum absolute atomic E-state index is 0.375. The number of ether oxygens (including phenoxy) is 1. The molecule has 4 nitrogen and oxygen atoms in total. The first-order chi connectivity index (χ1) is 10.7. The summed E-state index contributed by atoms with van der Waals surface area (Å²) in [5, 5.41) is 7.44. The Morgan fingerprint density at radius 2 is 2.18 bits per heavy atom. The summed E-state index contributed by atoms with van der Waals surface area (Å²) < 4.78 is 5.89. The van der Waals surface area contributed by atoms with E-state index in [1.165, 1.54) is 17.7 Å². The van der Waals surface area contributed by atoms with E-state index in [0.29, 0.717) is 23.5 Å². The highest BCUT2D eigenvalue weighted by atomic mass is 32.2. The molecule has 120 valence electrons. The topological polar surface area (TPSA) is 45.7 Å². The lowest BCUT2D eigenvalue weighted by Gasteiger charge is -2.23. The van der Waals surface area contributed by atoms with E-state index < -0.39 is 0 Å². The van der Waals surface area contributed by atoms with Gasteiger partial charge in [-0.1, -0.05) is 25.1 Å². The molecule has 2 aliphatic rings. The second kappa shape index (κ2) is 7.38. The minimum atomic E-state index is 0.375. The van der Waals surface area contributed by atoms with E-state index in [1.54, 1.807) is 0 Å². The third-order valence-corrected chi connectivity index (χ3v) is 5.40. The molecule has 5 heteroatoms. The van der Waals surface area contributed by atoms with Crippen molar-refractivity contribution in [3.63, 3.8) is 0 Å². The van der Waals surface area contributed by atoms with Crippen molar-refractivity contribution in [3.05, 3.63) is 30.3 Å². The molecule has 3 rings (SSSR count). The average Bonchev–Trinajstić information content (AvgIpc) is 3.15. The molecule has 4 atom stereocenters. The van der Waals surface area contributed by atoms with Crippen LogP contribution in [0.25, 0.3) is 0 Å². The van der Waals surface area contributed by atoms with Crippen LogP contribution in [0.15, 0.2) is 40.2 Å². The Labute approximate surface area is 137 Å². The molecule has 22 heavy (non-hydrogen) atoms. The molecule has 2 saturated heterocycles. The highest BCUT2D eigenvalue weighted by Crippen LogP contribution is 2.34. The van der Waals surface area contributed by atoms with Gasteiger partial charge in [0.15, 0.2) is 5.96 Å². The quantitative estimate of drug-likeness (QED) is 0.497. The van der Waals surface area contributed by atoms with E-state index in [1.807, 2.05) is 18.8 Å². The first kappa shape index (κ1) is 15.7. The van der Waals surface area contributed by atoms with Crippen LogP contribution in [0.3, 0.4) is 0 Å². The van der Waals surface area contributed by atoms with Crippen molar-refractivity contribution >= 4 is 17.7 Å². The van der Waals surface area contributed by atoms with Crippen LogP contribution in [0.5, 0.6) is 0 Å². The second-order valence-electron chi connectivity index (χ2n) is 6.06. The SMILES string of the molecule is CN=C(NCC(C)Sc1ccccc1)NC1CC2CCC1O2. The van der Waals surface area contributed by atoms with Gasteiger partial charge in [-0.3, -0.25) is 4.99 Å². The molecule has 0 spiro atoms. The molecule has 0 saturated carbocycles. The van der Waals surface area contributed by atoms with Gasteiger partial charge in [-0.15, -0.1) is 11.8 Å². The average molecular weight is 319 g/mol. The van der Waals surface area contributed by atoms with Crippen molar-refractivity contribution in [2.75, 3.05) is 13.6 Å². The molecule has 2 heterocycles. The van der Waals surface area contributed by atoms with Gasteiger partial charge in [0.25, 0.3) is 0 Å². The maximum Gasteiger partial charge on any atom is 0.191 e. The summed E-state index contributed by atoms with van der Waals surface area (Å²) in [5.41, 5.74) is 0. The predicted molar refractivity (Wildman–Crippen MR) is 92.6 cm³/mol. The third-order valence-electron chi connectivity index (χ3n) is 4.29. The number of benzene rings is 1. The van der Waals surface area contributed by atoms with Crippen LogP contribution in [0.4, 0.5) is 0 Å². The van der Waals surface area contributed by atoms with Crippen LogP contribution in [0.1, 0.15) is 26.2 Å². The molecular weight excluding hydrogens is 294 g/mol. The maximum atomic E-state index is 5.89. The summed E-state index contributed by atoms with van der Waals surface area (Å²) in [5.74, 6) is 0.890. The molecule has 0 amide bonds. The van der Waals surface area contributed by atoms with Gasteiger partial charge in [-0.2, -0.15) is 0 Å². The Morgan fingerprint density at radius 3 is 2.82 bits per heavy atom. The smallest absolute Gasteiger partial charge is 0.191 e. The van der Waals surface area contributed by atoms with Gasteiger partial charge in [0.05, 0.1) is 18.2 Å². The zero-order valence-corrected chi connectivity index (χ0v) is 14.1. The van der Waals surface area contributed by atoms with E-state index in [9.17, 15) is 0 Å². The van der Waals surface area contributed by atoms with E-state index in [0.717, 1.165) is 18.9 Å². The van der Waals surface area contributed by atoms with Crippen molar-refractivity contribution in [1.82, 2.24) is 10.6 Å². The van der Waals surface area contributed by atoms with Gasteiger partial charge in [-0.25, -0.2) is 0 Å². The maximum absolute atomic E-state index is 5.89. The van der Waals surface area contributed by atoms with Gasteiger partial charge >= 0.3 is 0 Å². The molecule has 1 aromatic rings. The largest absolute Gasteiger partial charge is 0.373 e. The lowest BCUT2D eigenvalue weighted by Crippen LogP contribution is -2.48. The first-order valence-corrected chi connectivity index (χ1v) is 8.97. The summed E-state index contributed by atoms with van der Waals surface area (Å²) in [4.78, 5) is 5.65. The molecule has 1 aromatic carbocycles. The van der Waals surface area contributed by atoms with E-state index in [2.05, 4.69) is 52.9 Å². The van der Waals surface area contributed by atoms with Crippen LogP contribution in [0.2, 0.25) is 0 Å². The minimum Gasteiger partial charge on any atom is -0.373 e. The number of thioether (sulfide) groups is 1. The molecule has 0 aromatic heterocycles. The van der Waals surface area contributed by atoms with Gasteiger partial charge in [0.1, 0.15) is 0 Å². The Kier molecular flexibility index (Phi) is 5.26. The zero-order chi connectivity index (χ0) is 15.4. The van der Waals surface area contributed by atoms with Crippen LogP contribution in [-0.4, -0.2) is 43.1 Å². The number of rotatable bonds is 5. The summed E-state index contributed by atoms with van der Waals surface area (Å²) in [6.07, 6.45) is 4.35. The fourth-order valence-electron chi connectivity index (χ4n) is 3.17. The summed E-state index contributed by atoms with van der Waals surface area (Å²) in [6, 6.07) is 10.9. The second-order valence-corrected chi connectivity index (χ2v) is 7.57. The van der Waals surface area contributed by atoms with Crippen LogP contribution >= 0.6 is 11.8 Å². The molecule has 2 fully saturated rings. The van der Waals surface area contributed by atoms with Crippen LogP contribution in [-0.2, 0) is 4.74 Å². The zero-order valence-electron chi connectivity index (χ0n) is 13.3. The summed E-state index contributed by atoms with van der Waals surface area (Å²) >= 11 is 1.88. The van der Waals surface area contributed by atoms with Crippen LogP contribution in [0, 0.1) is 0 Å². The lowest BCUT2D eigenvalue weighted by atomic mass is 9.96. The molecule has 4 unspecified atom stereocenters. The summed E-state index contributed by atoms with van der Waals surface area (Å²) in [6.45, 7) is 3.12. The van der Waals surface area contributed by atoms with Crippen molar-refractivity contribution in [2.45, 2.75) is 54.6 Å². The fraction of sp³-hybridized carbons (Fsp3) is 0.588. The molecule has 2 aliphatic heterocycles. The number of hydrogen-bond donors (Lipinski definition) is 2. The molecule has 2 N–H and O–H groups in total. The van der Waals surface area contributed by atoms with Crippen molar-refractivity contribution in [3.8, 4) is 0 Å². The molecule has 2 bridgehead atoms. The summed E-state index contributed by atoms with van der Waals surface area (Å²) in [7, 11) is 1.83. The van der Waals surface area contributed by atoms with Crippen molar-refractivity contribution < 1.29 is 4.74 Å². The number of fused-ring (bicyclic) bond motifs is 2. The number of nitrogens with zero attached hydrogens (tertiary/aromatic N) is 1. The normalized spacial score (nSPS) is 28.6. The highest BCUT2D eigenvalue weighted by Gasteiger charge is 2.41. The lowest BCUT2D eigenvalue weighted by molar-refractivity contribution is 0.0992. The van der Waals surface area contributed by atoms with E-state index in [-0.39, 0.29) is 0 Å². The number of nitrogens with one attached hydrogen (secondary N) is 2. The van der Waals surface area contributed by atoms with Crippen molar-refractivity contribution in [2.24, 2.45) is 4.99 Å². The number of guanidine groups is 1. The Bertz CT molecular complexity index is 508. The standard InChI is InChI=1S/C17H25N3OS/c1-12(22-14-6-4-3-5-7-14)11-19-17(18-2)20-15-10-13-8-9-16(15)21-13/h3-7,12-13,15-16H,8-11H2,1-2H3,(H2,18,19,20). The van der Waals surface area contributed by atoms with Gasteiger partial charge in [0.2, 0.25) is 0 Å². The van der Waals surface area contributed by atoms with Crippen molar-refractivity contribution in [1.29, 1.82) is 0 Å².